The monoisotopic (exact) mass is 336 g/mol. The fraction of sp³-hybridized carbons (Fsp3) is 0.167. The smallest absolute Gasteiger partial charge is 0.260 e. The summed E-state index contributed by atoms with van der Waals surface area (Å²) in [6.07, 6.45) is 4.54. The second-order valence-electron chi connectivity index (χ2n) is 5.21. The first-order valence-electron chi connectivity index (χ1n) is 7.51. The first kappa shape index (κ1) is 16.1. The number of carbonyl (C=O) groups excluding carboxylic acids is 1. The quantitative estimate of drug-likeness (QED) is 0.395. The Morgan fingerprint density at radius 1 is 1.25 bits per heavy atom. The van der Waals surface area contributed by atoms with E-state index < -0.39 is 0 Å². The molecule has 1 aliphatic heterocycles. The molecule has 0 radical (unpaired) electrons. The van der Waals surface area contributed by atoms with E-state index in [-0.39, 0.29) is 5.91 Å². The number of anilines is 1. The lowest BCUT2D eigenvalue weighted by Crippen LogP contribution is -2.29. The van der Waals surface area contributed by atoms with Gasteiger partial charge in [0, 0.05) is 12.2 Å². The number of amidine groups is 1. The van der Waals surface area contributed by atoms with Gasteiger partial charge in [0.15, 0.2) is 11.4 Å². The molecule has 0 aromatic heterocycles. The molecule has 0 spiro atoms. The van der Waals surface area contributed by atoms with Gasteiger partial charge in [-0.2, -0.15) is 5.26 Å². The highest BCUT2D eigenvalue weighted by Gasteiger charge is 2.26. The SMILES string of the molecule is CSC(=Nc1ccccc1C(=O)N1CCc2ccccc21)NC#N. The van der Waals surface area contributed by atoms with Gasteiger partial charge in [-0.25, -0.2) is 4.99 Å². The molecule has 3 rings (SSSR count). The van der Waals surface area contributed by atoms with E-state index in [1.807, 2.05) is 42.8 Å². The minimum absolute atomic E-state index is 0.0725. The van der Waals surface area contributed by atoms with Crippen LogP contribution in [0.3, 0.4) is 0 Å². The van der Waals surface area contributed by atoms with E-state index in [0.717, 1.165) is 12.1 Å². The first-order chi connectivity index (χ1) is 11.7. The Labute approximate surface area is 145 Å². The van der Waals surface area contributed by atoms with E-state index in [1.54, 1.807) is 17.0 Å². The summed E-state index contributed by atoms with van der Waals surface area (Å²) in [5.74, 6) is -0.0725. The molecule has 2 aromatic carbocycles. The molecule has 0 saturated carbocycles. The summed E-state index contributed by atoms with van der Waals surface area (Å²) in [5.41, 5.74) is 3.23. The number of carbonyl (C=O) groups is 1. The van der Waals surface area contributed by atoms with Crippen molar-refractivity contribution in [3.63, 3.8) is 0 Å². The number of hydrogen-bond acceptors (Lipinski definition) is 4. The molecule has 1 aliphatic rings. The van der Waals surface area contributed by atoms with Gasteiger partial charge >= 0.3 is 0 Å². The van der Waals surface area contributed by atoms with Crippen LogP contribution in [-0.4, -0.2) is 23.9 Å². The molecule has 6 heteroatoms. The van der Waals surface area contributed by atoms with E-state index >= 15 is 0 Å². The molecule has 0 saturated heterocycles. The molecule has 0 unspecified atom stereocenters. The predicted octanol–water partition coefficient (Wildman–Crippen LogP) is 3.31. The van der Waals surface area contributed by atoms with Crippen LogP contribution in [0.2, 0.25) is 0 Å². The van der Waals surface area contributed by atoms with Crippen molar-refractivity contribution in [2.24, 2.45) is 4.99 Å². The average Bonchev–Trinajstić information content (AvgIpc) is 3.05. The van der Waals surface area contributed by atoms with Gasteiger partial charge in [0.05, 0.1) is 11.3 Å². The van der Waals surface area contributed by atoms with Crippen LogP contribution < -0.4 is 10.2 Å². The summed E-state index contributed by atoms with van der Waals surface area (Å²) in [6, 6.07) is 15.2. The summed E-state index contributed by atoms with van der Waals surface area (Å²) < 4.78 is 0. The molecule has 2 aromatic rings. The lowest BCUT2D eigenvalue weighted by molar-refractivity contribution is 0.0990. The van der Waals surface area contributed by atoms with Crippen LogP contribution in [0.25, 0.3) is 0 Å². The Balaban J connectivity index is 1.96. The molecule has 1 N–H and O–H groups in total. The number of hydrogen-bond donors (Lipinski definition) is 1. The Morgan fingerprint density at radius 2 is 2.00 bits per heavy atom. The Bertz CT molecular complexity index is 841. The number of para-hydroxylation sites is 2. The van der Waals surface area contributed by atoms with Crippen LogP contribution in [0, 0.1) is 11.5 Å². The number of fused-ring (bicyclic) bond motifs is 1. The Morgan fingerprint density at radius 3 is 2.79 bits per heavy atom. The van der Waals surface area contributed by atoms with Crippen molar-refractivity contribution >= 4 is 34.2 Å². The van der Waals surface area contributed by atoms with E-state index in [0.29, 0.717) is 23.0 Å². The lowest BCUT2D eigenvalue weighted by atomic mass is 10.1. The second-order valence-corrected chi connectivity index (χ2v) is 6.01. The summed E-state index contributed by atoms with van der Waals surface area (Å²) >= 11 is 1.32. The molecule has 0 bridgehead atoms. The minimum Gasteiger partial charge on any atom is -0.308 e. The molecule has 0 aliphatic carbocycles. The zero-order valence-corrected chi connectivity index (χ0v) is 14.0. The molecular weight excluding hydrogens is 320 g/mol. The van der Waals surface area contributed by atoms with Crippen molar-refractivity contribution in [1.82, 2.24) is 5.32 Å². The van der Waals surface area contributed by atoms with Gasteiger partial charge < -0.3 is 4.90 Å². The van der Waals surface area contributed by atoms with Gasteiger partial charge in [-0.05, 0) is 36.4 Å². The average molecular weight is 336 g/mol. The van der Waals surface area contributed by atoms with Gasteiger partial charge in [0.25, 0.3) is 5.91 Å². The molecule has 0 atom stereocenters. The summed E-state index contributed by atoms with van der Waals surface area (Å²) in [5, 5.41) is 11.8. The molecule has 5 nitrogen and oxygen atoms in total. The number of amides is 1. The zero-order valence-electron chi connectivity index (χ0n) is 13.2. The van der Waals surface area contributed by atoms with Gasteiger partial charge in [0.1, 0.15) is 0 Å². The van der Waals surface area contributed by atoms with Crippen molar-refractivity contribution in [2.45, 2.75) is 6.42 Å². The van der Waals surface area contributed by atoms with E-state index in [4.69, 9.17) is 5.26 Å². The van der Waals surface area contributed by atoms with Gasteiger partial charge in [-0.1, -0.05) is 42.1 Å². The highest BCUT2D eigenvalue weighted by atomic mass is 32.2. The van der Waals surface area contributed by atoms with Crippen LogP contribution in [0.15, 0.2) is 53.5 Å². The van der Waals surface area contributed by atoms with Gasteiger partial charge in [-0.15, -0.1) is 0 Å². The second kappa shape index (κ2) is 7.20. The molecule has 24 heavy (non-hydrogen) atoms. The van der Waals surface area contributed by atoms with Crippen LogP contribution >= 0.6 is 11.8 Å². The molecule has 1 heterocycles. The highest BCUT2D eigenvalue weighted by Crippen LogP contribution is 2.31. The molecule has 120 valence electrons. The number of nitriles is 1. The molecule has 0 fully saturated rings. The largest absolute Gasteiger partial charge is 0.308 e. The van der Waals surface area contributed by atoms with Crippen molar-refractivity contribution in [1.29, 1.82) is 5.26 Å². The van der Waals surface area contributed by atoms with E-state index in [1.165, 1.54) is 17.3 Å². The van der Waals surface area contributed by atoms with Crippen molar-refractivity contribution in [3.05, 3.63) is 59.7 Å². The van der Waals surface area contributed by atoms with Crippen molar-refractivity contribution in [3.8, 4) is 6.19 Å². The number of rotatable bonds is 2. The van der Waals surface area contributed by atoms with E-state index in [9.17, 15) is 4.79 Å². The van der Waals surface area contributed by atoms with Gasteiger partial charge in [0.2, 0.25) is 0 Å². The maximum Gasteiger partial charge on any atom is 0.260 e. The van der Waals surface area contributed by atoms with Crippen LogP contribution in [0.4, 0.5) is 11.4 Å². The number of nitrogens with one attached hydrogen (secondary N) is 1. The van der Waals surface area contributed by atoms with Gasteiger partial charge in [-0.3, -0.25) is 10.1 Å². The highest BCUT2D eigenvalue weighted by molar-refractivity contribution is 8.13. The number of nitrogens with zero attached hydrogens (tertiary/aromatic N) is 3. The minimum atomic E-state index is -0.0725. The lowest BCUT2D eigenvalue weighted by Gasteiger charge is -2.18. The maximum absolute atomic E-state index is 13.0. The standard InChI is InChI=1S/C18H16N4OS/c1-24-18(20-12-19)21-15-8-4-3-7-14(15)17(23)22-11-10-13-6-2-5-9-16(13)22/h2-9H,10-11H2,1H3,(H,20,21). The number of benzene rings is 2. The first-order valence-corrected chi connectivity index (χ1v) is 8.73. The van der Waals surface area contributed by atoms with Crippen LogP contribution in [0.5, 0.6) is 0 Å². The normalized spacial score (nSPS) is 13.3. The Hall–Kier alpha value is -2.78. The van der Waals surface area contributed by atoms with Crippen LogP contribution in [0.1, 0.15) is 15.9 Å². The Kier molecular flexibility index (Phi) is 4.82. The molecule has 1 amide bonds. The van der Waals surface area contributed by atoms with Crippen molar-refractivity contribution < 1.29 is 4.79 Å². The predicted molar refractivity (Wildman–Crippen MR) is 97.6 cm³/mol. The maximum atomic E-state index is 13.0. The topological polar surface area (TPSA) is 68.5 Å². The number of aliphatic imine (C=N–C) groups is 1. The van der Waals surface area contributed by atoms with Crippen molar-refractivity contribution in [2.75, 3.05) is 17.7 Å². The van der Waals surface area contributed by atoms with Crippen LogP contribution in [-0.2, 0) is 6.42 Å². The summed E-state index contributed by atoms with van der Waals surface area (Å²) in [4.78, 5) is 19.2. The third-order valence-corrected chi connectivity index (χ3v) is 4.42. The number of thioether (sulfide) groups is 1. The summed E-state index contributed by atoms with van der Waals surface area (Å²) in [6.45, 7) is 0.669. The third-order valence-electron chi connectivity index (χ3n) is 3.84. The summed E-state index contributed by atoms with van der Waals surface area (Å²) in [7, 11) is 0. The fourth-order valence-corrected chi connectivity index (χ4v) is 3.07. The van der Waals surface area contributed by atoms with E-state index in [2.05, 4.69) is 16.4 Å². The fourth-order valence-electron chi connectivity index (χ4n) is 2.73. The molecular formula is C18H16N4OS. The zero-order chi connectivity index (χ0) is 16.9. The third kappa shape index (κ3) is 3.12.